The summed E-state index contributed by atoms with van der Waals surface area (Å²) in [7, 11) is 1.87. The number of nitrogens with one attached hydrogen (secondary N) is 2. The summed E-state index contributed by atoms with van der Waals surface area (Å²) in [4.78, 5) is 8.81. The molecule has 16 heavy (non-hydrogen) atoms. The molecule has 1 aliphatic carbocycles. The highest BCUT2D eigenvalue weighted by atomic mass is 15.2. The standard InChI is InChI=1S/C11H15N5/c1-7-5-8(7)14-10-11-13-3-4-16(11)6-9(12-2)15-10/h3-4,6-8,12H,5H2,1-2H3,(H,14,15). The maximum atomic E-state index is 4.50. The third-order valence-electron chi connectivity index (χ3n) is 3.06. The summed E-state index contributed by atoms with van der Waals surface area (Å²) in [6.07, 6.45) is 6.87. The van der Waals surface area contributed by atoms with Gasteiger partial charge in [-0.2, -0.15) is 0 Å². The van der Waals surface area contributed by atoms with Crippen LogP contribution in [0.15, 0.2) is 18.6 Å². The topological polar surface area (TPSA) is 54.2 Å². The lowest BCUT2D eigenvalue weighted by atomic mass is 10.4. The van der Waals surface area contributed by atoms with Crippen LogP contribution in [0.1, 0.15) is 13.3 Å². The molecule has 5 heteroatoms. The fourth-order valence-corrected chi connectivity index (χ4v) is 1.85. The van der Waals surface area contributed by atoms with Crippen LogP contribution in [0, 0.1) is 5.92 Å². The monoisotopic (exact) mass is 217 g/mol. The van der Waals surface area contributed by atoms with Gasteiger partial charge in [0, 0.05) is 25.5 Å². The Morgan fingerprint density at radius 1 is 1.50 bits per heavy atom. The predicted octanol–water partition coefficient (Wildman–Crippen LogP) is 1.59. The van der Waals surface area contributed by atoms with Gasteiger partial charge >= 0.3 is 0 Å². The minimum absolute atomic E-state index is 0.556. The van der Waals surface area contributed by atoms with Gasteiger partial charge in [0.15, 0.2) is 11.5 Å². The van der Waals surface area contributed by atoms with E-state index in [0.717, 1.165) is 23.2 Å². The van der Waals surface area contributed by atoms with Crippen molar-refractivity contribution in [1.29, 1.82) is 0 Å². The van der Waals surface area contributed by atoms with Gasteiger partial charge in [-0.25, -0.2) is 9.97 Å². The van der Waals surface area contributed by atoms with E-state index in [9.17, 15) is 0 Å². The average molecular weight is 217 g/mol. The van der Waals surface area contributed by atoms with Crippen molar-refractivity contribution in [2.75, 3.05) is 17.7 Å². The second kappa shape index (κ2) is 3.37. The summed E-state index contributed by atoms with van der Waals surface area (Å²) in [6, 6.07) is 0.556. The highest BCUT2D eigenvalue weighted by molar-refractivity contribution is 5.66. The molecule has 1 saturated carbocycles. The Bertz CT molecular complexity index is 518. The maximum absolute atomic E-state index is 4.50. The molecule has 3 rings (SSSR count). The quantitative estimate of drug-likeness (QED) is 0.819. The van der Waals surface area contributed by atoms with Gasteiger partial charge in [0.05, 0.1) is 6.20 Å². The van der Waals surface area contributed by atoms with Crippen LogP contribution >= 0.6 is 0 Å². The van der Waals surface area contributed by atoms with Crippen molar-refractivity contribution in [3.8, 4) is 0 Å². The van der Waals surface area contributed by atoms with Crippen LogP contribution in [-0.2, 0) is 0 Å². The first kappa shape index (κ1) is 9.45. The second-order valence-corrected chi connectivity index (χ2v) is 4.35. The SMILES string of the molecule is CNc1cn2ccnc2c(NC2CC2C)n1. The maximum Gasteiger partial charge on any atom is 0.180 e. The number of anilines is 2. The van der Waals surface area contributed by atoms with Gasteiger partial charge in [0.2, 0.25) is 0 Å². The number of hydrogen-bond donors (Lipinski definition) is 2. The molecular weight excluding hydrogens is 202 g/mol. The van der Waals surface area contributed by atoms with E-state index in [0.29, 0.717) is 6.04 Å². The summed E-state index contributed by atoms with van der Waals surface area (Å²) in [6.45, 7) is 2.24. The van der Waals surface area contributed by atoms with Gasteiger partial charge in [0.1, 0.15) is 5.82 Å². The van der Waals surface area contributed by atoms with E-state index >= 15 is 0 Å². The Kier molecular flexibility index (Phi) is 1.99. The molecule has 0 bridgehead atoms. The van der Waals surface area contributed by atoms with E-state index in [4.69, 9.17) is 0 Å². The molecule has 2 aromatic rings. The van der Waals surface area contributed by atoms with Crippen molar-refractivity contribution in [3.63, 3.8) is 0 Å². The van der Waals surface area contributed by atoms with E-state index in [-0.39, 0.29) is 0 Å². The average Bonchev–Trinajstić information content (AvgIpc) is 2.81. The Balaban J connectivity index is 2.02. The van der Waals surface area contributed by atoms with E-state index < -0.39 is 0 Å². The smallest absolute Gasteiger partial charge is 0.180 e. The Morgan fingerprint density at radius 3 is 3.00 bits per heavy atom. The third-order valence-corrected chi connectivity index (χ3v) is 3.06. The lowest BCUT2D eigenvalue weighted by Crippen LogP contribution is -2.08. The molecule has 2 aromatic heterocycles. The zero-order chi connectivity index (χ0) is 11.1. The van der Waals surface area contributed by atoms with Gasteiger partial charge in [-0.3, -0.25) is 0 Å². The van der Waals surface area contributed by atoms with E-state index in [2.05, 4.69) is 27.5 Å². The molecular formula is C11H15N5. The van der Waals surface area contributed by atoms with Crippen LogP contribution in [0.2, 0.25) is 0 Å². The summed E-state index contributed by atoms with van der Waals surface area (Å²) >= 11 is 0. The van der Waals surface area contributed by atoms with Crippen LogP contribution in [0.4, 0.5) is 11.6 Å². The molecule has 1 fully saturated rings. The predicted molar refractivity (Wildman–Crippen MR) is 63.7 cm³/mol. The number of imidazole rings is 1. The molecule has 0 aromatic carbocycles. The fraction of sp³-hybridized carbons (Fsp3) is 0.455. The van der Waals surface area contributed by atoms with Gasteiger partial charge < -0.3 is 15.0 Å². The second-order valence-electron chi connectivity index (χ2n) is 4.35. The number of nitrogens with zero attached hydrogens (tertiary/aromatic N) is 3. The van der Waals surface area contributed by atoms with Crippen molar-refractivity contribution in [2.45, 2.75) is 19.4 Å². The van der Waals surface area contributed by atoms with Crippen LogP contribution in [-0.4, -0.2) is 27.5 Å². The lowest BCUT2D eigenvalue weighted by molar-refractivity contribution is 0.922. The summed E-state index contributed by atoms with van der Waals surface area (Å²) in [5, 5.41) is 6.49. The molecule has 2 N–H and O–H groups in total. The molecule has 0 radical (unpaired) electrons. The van der Waals surface area contributed by atoms with Crippen molar-refractivity contribution in [1.82, 2.24) is 14.4 Å². The van der Waals surface area contributed by atoms with Crippen LogP contribution in [0.25, 0.3) is 5.65 Å². The molecule has 2 heterocycles. The van der Waals surface area contributed by atoms with Crippen LogP contribution < -0.4 is 10.6 Å². The van der Waals surface area contributed by atoms with Crippen LogP contribution in [0.5, 0.6) is 0 Å². The fourth-order valence-electron chi connectivity index (χ4n) is 1.85. The minimum Gasteiger partial charge on any atom is -0.372 e. The first-order chi connectivity index (χ1) is 7.78. The first-order valence-electron chi connectivity index (χ1n) is 5.56. The summed E-state index contributed by atoms with van der Waals surface area (Å²) in [5.41, 5.74) is 0.887. The van der Waals surface area contributed by atoms with Crippen molar-refractivity contribution in [3.05, 3.63) is 18.6 Å². The van der Waals surface area contributed by atoms with Crippen LogP contribution in [0.3, 0.4) is 0 Å². The molecule has 0 spiro atoms. The molecule has 0 aliphatic heterocycles. The van der Waals surface area contributed by atoms with E-state index in [1.54, 1.807) is 6.20 Å². The Morgan fingerprint density at radius 2 is 2.31 bits per heavy atom. The number of hydrogen-bond acceptors (Lipinski definition) is 4. The molecule has 1 aliphatic rings. The highest BCUT2D eigenvalue weighted by Crippen LogP contribution is 2.33. The van der Waals surface area contributed by atoms with E-state index in [1.165, 1.54) is 6.42 Å². The third kappa shape index (κ3) is 1.48. The Hall–Kier alpha value is -1.78. The van der Waals surface area contributed by atoms with E-state index in [1.807, 2.05) is 23.8 Å². The molecule has 5 nitrogen and oxygen atoms in total. The van der Waals surface area contributed by atoms with Gasteiger partial charge in [-0.1, -0.05) is 6.92 Å². The van der Waals surface area contributed by atoms with Crippen molar-refractivity contribution < 1.29 is 0 Å². The molecule has 0 saturated heterocycles. The number of rotatable bonds is 3. The van der Waals surface area contributed by atoms with Crippen molar-refractivity contribution in [2.24, 2.45) is 5.92 Å². The molecule has 2 atom stereocenters. The normalized spacial score (nSPS) is 23.4. The molecule has 0 amide bonds. The Labute approximate surface area is 93.9 Å². The zero-order valence-corrected chi connectivity index (χ0v) is 9.44. The largest absolute Gasteiger partial charge is 0.372 e. The lowest BCUT2D eigenvalue weighted by Gasteiger charge is -2.08. The first-order valence-corrected chi connectivity index (χ1v) is 5.56. The summed E-state index contributed by atoms with van der Waals surface area (Å²) in [5.74, 6) is 2.46. The zero-order valence-electron chi connectivity index (χ0n) is 9.44. The van der Waals surface area contributed by atoms with Gasteiger partial charge in [0.25, 0.3) is 0 Å². The molecule has 2 unspecified atom stereocenters. The number of fused-ring (bicyclic) bond motifs is 1. The highest BCUT2D eigenvalue weighted by Gasteiger charge is 2.33. The van der Waals surface area contributed by atoms with Gasteiger partial charge in [-0.05, 0) is 12.3 Å². The van der Waals surface area contributed by atoms with Crippen molar-refractivity contribution >= 4 is 17.3 Å². The summed E-state index contributed by atoms with van der Waals surface area (Å²) < 4.78 is 1.98. The minimum atomic E-state index is 0.556. The van der Waals surface area contributed by atoms with Gasteiger partial charge in [-0.15, -0.1) is 0 Å². The molecule has 84 valence electrons. The number of aromatic nitrogens is 3.